The van der Waals surface area contributed by atoms with Gasteiger partial charge in [-0.25, -0.2) is 4.98 Å². The molecule has 0 saturated carbocycles. The van der Waals surface area contributed by atoms with Crippen LogP contribution in [0.5, 0.6) is 5.75 Å². The Hall–Kier alpha value is -1.55. The van der Waals surface area contributed by atoms with Crippen LogP contribution in [0.4, 0.5) is 5.13 Å². The maximum Gasteiger partial charge on any atom is 0.183 e. The van der Waals surface area contributed by atoms with E-state index in [4.69, 9.17) is 9.72 Å². The molecule has 0 saturated heterocycles. The number of hydrogen-bond donors (Lipinski definition) is 1. The number of anilines is 1. The Bertz CT molecular complexity index is 619. The van der Waals surface area contributed by atoms with Crippen LogP contribution in [0.1, 0.15) is 24.3 Å². The molecule has 1 aliphatic rings. The van der Waals surface area contributed by atoms with E-state index in [1.165, 1.54) is 16.0 Å². The molecule has 0 bridgehead atoms. The Balaban J connectivity index is 1.94. The Morgan fingerprint density at radius 2 is 2.20 bits per heavy atom. The van der Waals surface area contributed by atoms with Crippen LogP contribution in [0, 0.1) is 5.92 Å². The summed E-state index contributed by atoms with van der Waals surface area (Å²) < 4.78 is 5.34. The number of thiazole rings is 1. The van der Waals surface area contributed by atoms with Gasteiger partial charge in [-0.1, -0.05) is 19.9 Å². The number of aryl methyl sites for hydroxylation is 2. The molecule has 3 nitrogen and oxygen atoms in total. The first-order valence-corrected chi connectivity index (χ1v) is 7.90. The molecule has 1 N–H and O–H groups in total. The molecule has 1 aromatic heterocycles. The SMILES string of the molecule is COc1ccc2c(c1)-c1nc(NCC(C)C)sc1CC2. The highest BCUT2D eigenvalue weighted by atomic mass is 32.1. The smallest absolute Gasteiger partial charge is 0.183 e. The molecule has 1 aromatic carbocycles. The van der Waals surface area contributed by atoms with Crippen molar-refractivity contribution in [1.29, 1.82) is 0 Å². The Morgan fingerprint density at radius 1 is 1.35 bits per heavy atom. The van der Waals surface area contributed by atoms with Crippen molar-refractivity contribution in [1.82, 2.24) is 4.98 Å². The molecule has 0 unspecified atom stereocenters. The third-order valence-electron chi connectivity index (χ3n) is 3.55. The van der Waals surface area contributed by atoms with Crippen molar-refractivity contribution in [3.05, 3.63) is 28.6 Å². The van der Waals surface area contributed by atoms with Crippen molar-refractivity contribution < 1.29 is 4.74 Å². The van der Waals surface area contributed by atoms with Gasteiger partial charge >= 0.3 is 0 Å². The van der Waals surface area contributed by atoms with E-state index in [0.29, 0.717) is 5.92 Å². The molecule has 0 amide bonds. The molecule has 1 heterocycles. The standard InChI is InChI=1S/C16H20N2OS/c1-10(2)9-17-16-18-15-13-8-12(19-3)6-4-11(13)5-7-14(15)20-16/h4,6,8,10H,5,7,9H2,1-3H3,(H,17,18). The van der Waals surface area contributed by atoms with Gasteiger partial charge in [-0.05, 0) is 36.5 Å². The number of nitrogens with zero attached hydrogens (tertiary/aromatic N) is 1. The van der Waals surface area contributed by atoms with Gasteiger partial charge in [0.1, 0.15) is 5.75 Å². The summed E-state index contributed by atoms with van der Waals surface area (Å²) in [6, 6.07) is 6.31. The lowest BCUT2D eigenvalue weighted by atomic mass is 9.93. The number of nitrogens with one attached hydrogen (secondary N) is 1. The summed E-state index contributed by atoms with van der Waals surface area (Å²) in [6.07, 6.45) is 2.19. The number of aromatic nitrogens is 1. The fourth-order valence-electron chi connectivity index (χ4n) is 2.47. The zero-order valence-electron chi connectivity index (χ0n) is 12.2. The Morgan fingerprint density at radius 3 is 2.95 bits per heavy atom. The predicted molar refractivity (Wildman–Crippen MR) is 84.8 cm³/mol. The second-order valence-electron chi connectivity index (χ2n) is 5.59. The van der Waals surface area contributed by atoms with Gasteiger partial charge in [-0.3, -0.25) is 0 Å². The lowest BCUT2D eigenvalue weighted by Crippen LogP contribution is -2.07. The molecule has 3 rings (SSSR count). The quantitative estimate of drug-likeness (QED) is 0.924. The van der Waals surface area contributed by atoms with E-state index >= 15 is 0 Å². The third kappa shape index (κ3) is 2.52. The summed E-state index contributed by atoms with van der Waals surface area (Å²) >= 11 is 1.79. The summed E-state index contributed by atoms with van der Waals surface area (Å²) in [7, 11) is 1.71. The molecular weight excluding hydrogens is 268 g/mol. The minimum absolute atomic E-state index is 0.628. The lowest BCUT2D eigenvalue weighted by molar-refractivity contribution is 0.415. The van der Waals surface area contributed by atoms with Crippen LogP contribution in [-0.4, -0.2) is 18.6 Å². The van der Waals surface area contributed by atoms with E-state index in [9.17, 15) is 0 Å². The molecule has 0 spiro atoms. The number of benzene rings is 1. The fraction of sp³-hybridized carbons (Fsp3) is 0.438. The van der Waals surface area contributed by atoms with Gasteiger partial charge in [0.15, 0.2) is 5.13 Å². The van der Waals surface area contributed by atoms with Gasteiger partial charge in [-0.2, -0.15) is 0 Å². The van der Waals surface area contributed by atoms with Gasteiger partial charge < -0.3 is 10.1 Å². The number of hydrogen-bond acceptors (Lipinski definition) is 4. The minimum Gasteiger partial charge on any atom is -0.497 e. The monoisotopic (exact) mass is 288 g/mol. The largest absolute Gasteiger partial charge is 0.497 e. The average molecular weight is 288 g/mol. The van der Waals surface area contributed by atoms with Crippen molar-refractivity contribution in [2.75, 3.05) is 19.0 Å². The van der Waals surface area contributed by atoms with Crippen LogP contribution < -0.4 is 10.1 Å². The van der Waals surface area contributed by atoms with Gasteiger partial charge in [0.05, 0.1) is 12.8 Å². The van der Waals surface area contributed by atoms with E-state index < -0.39 is 0 Å². The van der Waals surface area contributed by atoms with Crippen molar-refractivity contribution in [3.8, 4) is 17.0 Å². The van der Waals surface area contributed by atoms with Crippen molar-refractivity contribution in [2.24, 2.45) is 5.92 Å². The van der Waals surface area contributed by atoms with Crippen molar-refractivity contribution in [3.63, 3.8) is 0 Å². The van der Waals surface area contributed by atoms with Crippen molar-refractivity contribution in [2.45, 2.75) is 26.7 Å². The summed E-state index contributed by atoms with van der Waals surface area (Å²) in [5, 5.41) is 4.48. The number of ether oxygens (including phenoxy) is 1. The summed E-state index contributed by atoms with van der Waals surface area (Å²) in [5.41, 5.74) is 3.75. The first-order valence-electron chi connectivity index (χ1n) is 7.08. The van der Waals surface area contributed by atoms with Crippen LogP contribution in [0.2, 0.25) is 0 Å². The Kier molecular flexibility index (Phi) is 3.66. The highest BCUT2D eigenvalue weighted by Crippen LogP contribution is 2.39. The molecular formula is C16H20N2OS. The molecule has 0 aliphatic heterocycles. The maximum atomic E-state index is 5.34. The summed E-state index contributed by atoms with van der Waals surface area (Å²) in [6.45, 7) is 5.39. The van der Waals surface area contributed by atoms with Crippen LogP contribution in [0.15, 0.2) is 18.2 Å². The van der Waals surface area contributed by atoms with Crippen LogP contribution in [0.25, 0.3) is 11.3 Å². The molecule has 20 heavy (non-hydrogen) atoms. The number of rotatable bonds is 4. The van der Waals surface area contributed by atoms with Crippen LogP contribution >= 0.6 is 11.3 Å². The highest BCUT2D eigenvalue weighted by Gasteiger charge is 2.21. The van der Waals surface area contributed by atoms with Crippen LogP contribution in [-0.2, 0) is 12.8 Å². The molecule has 2 aromatic rings. The zero-order valence-corrected chi connectivity index (χ0v) is 13.0. The van der Waals surface area contributed by atoms with E-state index in [2.05, 4.69) is 31.3 Å². The highest BCUT2D eigenvalue weighted by molar-refractivity contribution is 7.16. The van der Waals surface area contributed by atoms with E-state index in [-0.39, 0.29) is 0 Å². The molecule has 106 valence electrons. The Labute approximate surface area is 124 Å². The maximum absolute atomic E-state index is 5.34. The first-order chi connectivity index (χ1) is 9.67. The minimum atomic E-state index is 0.628. The second-order valence-corrected chi connectivity index (χ2v) is 6.67. The van der Waals surface area contributed by atoms with E-state index in [0.717, 1.165) is 36.0 Å². The van der Waals surface area contributed by atoms with E-state index in [1.54, 1.807) is 18.4 Å². The zero-order chi connectivity index (χ0) is 14.1. The van der Waals surface area contributed by atoms with E-state index in [1.807, 2.05) is 6.07 Å². The van der Waals surface area contributed by atoms with Gasteiger partial charge in [0, 0.05) is 17.0 Å². The van der Waals surface area contributed by atoms with Crippen LogP contribution in [0.3, 0.4) is 0 Å². The summed E-state index contributed by atoms with van der Waals surface area (Å²) in [5.74, 6) is 1.53. The second kappa shape index (κ2) is 5.44. The van der Waals surface area contributed by atoms with Gasteiger partial charge in [-0.15, -0.1) is 11.3 Å². The molecule has 0 fully saturated rings. The number of methoxy groups -OCH3 is 1. The average Bonchev–Trinajstić information content (AvgIpc) is 2.88. The predicted octanol–water partition coefficient (Wildman–Crippen LogP) is 3.99. The third-order valence-corrected chi connectivity index (χ3v) is 4.63. The van der Waals surface area contributed by atoms with Gasteiger partial charge in [0.25, 0.3) is 0 Å². The topological polar surface area (TPSA) is 34.1 Å². The summed E-state index contributed by atoms with van der Waals surface area (Å²) in [4.78, 5) is 6.18. The lowest BCUT2D eigenvalue weighted by Gasteiger charge is -2.15. The first kappa shape index (κ1) is 13.4. The van der Waals surface area contributed by atoms with Crippen molar-refractivity contribution >= 4 is 16.5 Å². The molecule has 0 radical (unpaired) electrons. The molecule has 0 atom stereocenters. The van der Waals surface area contributed by atoms with Gasteiger partial charge in [0.2, 0.25) is 0 Å². The molecule has 4 heteroatoms. The molecule has 1 aliphatic carbocycles. The number of fused-ring (bicyclic) bond motifs is 3. The normalized spacial score (nSPS) is 13.0. The fourth-order valence-corrected chi connectivity index (χ4v) is 3.45.